The third-order valence-corrected chi connectivity index (χ3v) is 5.27. The monoisotopic (exact) mass is 280 g/mol. The van der Waals surface area contributed by atoms with Crippen molar-refractivity contribution in [2.24, 2.45) is 11.7 Å². The standard InChI is InChI=1S/C16H28N2O2/c1-11-3-2-4-13(9-11)20-14-7-8-16(10-14,15(17)19)18-12-5-6-12/h11-14,18H,2-10H2,1H3,(H2,17,19). The van der Waals surface area contributed by atoms with Gasteiger partial charge in [-0.15, -0.1) is 0 Å². The zero-order chi connectivity index (χ0) is 14.2. The number of primary amides is 1. The number of hydrogen-bond acceptors (Lipinski definition) is 3. The number of carbonyl (C=O) groups is 1. The molecule has 3 N–H and O–H groups in total. The fourth-order valence-electron chi connectivity index (χ4n) is 3.93. The molecule has 0 bridgehead atoms. The van der Waals surface area contributed by atoms with Crippen molar-refractivity contribution in [1.82, 2.24) is 5.32 Å². The van der Waals surface area contributed by atoms with Crippen LogP contribution in [-0.2, 0) is 9.53 Å². The molecule has 114 valence electrons. The number of hydrogen-bond donors (Lipinski definition) is 2. The first-order valence-electron chi connectivity index (χ1n) is 8.30. The Morgan fingerprint density at radius 2 is 2.00 bits per heavy atom. The first-order valence-corrected chi connectivity index (χ1v) is 8.30. The Morgan fingerprint density at radius 1 is 1.20 bits per heavy atom. The average Bonchev–Trinajstić information content (AvgIpc) is 3.10. The van der Waals surface area contributed by atoms with Crippen LogP contribution in [0.5, 0.6) is 0 Å². The van der Waals surface area contributed by atoms with Crippen LogP contribution in [0.3, 0.4) is 0 Å². The topological polar surface area (TPSA) is 64.3 Å². The lowest BCUT2D eigenvalue weighted by Gasteiger charge is -2.31. The molecular formula is C16H28N2O2. The molecule has 4 heteroatoms. The molecule has 4 atom stereocenters. The van der Waals surface area contributed by atoms with Crippen molar-refractivity contribution in [2.75, 3.05) is 0 Å². The Bertz CT molecular complexity index is 369. The van der Waals surface area contributed by atoms with Crippen molar-refractivity contribution >= 4 is 5.91 Å². The van der Waals surface area contributed by atoms with Gasteiger partial charge in [-0.1, -0.05) is 19.8 Å². The summed E-state index contributed by atoms with van der Waals surface area (Å²) in [6.07, 6.45) is 10.5. The van der Waals surface area contributed by atoms with E-state index in [1.54, 1.807) is 0 Å². The summed E-state index contributed by atoms with van der Waals surface area (Å²) in [7, 11) is 0. The second-order valence-corrected chi connectivity index (χ2v) is 7.26. The molecule has 0 aromatic rings. The Labute approximate surface area is 121 Å². The number of nitrogens with one attached hydrogen (secondary N) is 1. The average molecular weight is 280 g/mol. The van der Waals surface area contributed by atoms with E-state index in [-0.39, 0.29) is 12.0 Å². The minimum absolute atomic E-state index is 0.187. The minimum atomic E-state index is -0.494. The molecular weight excluding hydrogens is 252 g/mol. The highest BCUT2D eigenvalue weighted by molar-refractivity contribution is 5.85. The van der Waals surface area contributed by atoms with E-state index < -0.39 is 5.54 Å². The van der Waals surface area contributed by atoms with E-state index >= 15 is 0 Å². The molecule has 0 aromatic carbocycles. The molecule has 0 saturated heterocycles. The third kappa shape index (κ3) is 3.17. The summed E-state index contributed by atoms with van der Waals surface area (Å²) in [4.78, 5) is 11.9. The smallest absolute Gasteiger partial charge is 0.237 e. The maximum Gasteiger partial charge on any atom is 0.237 e. The van der Waals surface area contributed by atoms with Crippen molar-refractivity contribution in [3.8, 4) is 0 Å². The zero-order valence-corrected chi connectivity index (χ0v) is 12.6. The summed E-state index contributed by atoms with van der Waals surface area (Å²) in [5, 5.41) is 3.49. The molecule has 1 amide bonds. The largest absolute Gasteiger partial charge is 0.375 e. The molecule has 3 aliphatic carbocycles. The van der Waals surface area contributed by atoms with Crippen LogP contribution in [0.4, 0.5) is 0 Å². The van der Waals surface area contributed by atoms with Crippen molar-refractivity contribution in [2.45, 2.75) is 88.5 Å². The van der Waals surface area contributed by atoms with E-state index in [0.717, 1.165) is 25.2 Å². The van der Waals surface area contributed by atoms with E-state index in [0.29, 0.717) is 12.1 Å². The zero-order valence-electron chi connectivity index (χ0n) is 12.6. The molecule has 4 unspecified atom stereocenters. The van der Waals surface area contributed by atoms with Crippen LogP contribution in [0.25, 0.3) is 0 Å². The van der Waals surface area contributed by atoms with Gasteiger partial charge >= 0.3 is 0 Å². The molecule has 0 radical (unpaired) electrons. The van der Waals surface area contributed by atoms with E-state index in [4.69, 9.17) is 10.5 Å². The fourth-order valence-corrected chi connectivity index (χ4v) is 3.93. The van der Waals surface area contributed by atoms with Crippen LogP contribution < -0.4 is 11.1 Å². The van der Waals surface area contributed by atoms with Gasteiger partial charge in [-0.3, -0.25) is 4.79 Å². The summed E-state index contributed by atoms with van der Waals surface area (Å²) in [6, 6.07) is 0.510. The summed E-state index contributed by atoms with van der Waals surface area (Å²) >= 11 is 0. The molecule has 20 heavy (non-hydrogen) atoms. The highest BCUT2D eigenvalue weighted by atomic mass is 16.5. The van der Waals surface area contributed by atoms with Gasteiger partial charge in [-0.2, -0.15) is 0 Å². The predicted molar refractivity (Wildman–Crippen MR) is 78.2 cm³/mol. The van der Waals surface area contributed by atoms with E-state index in [1.165, 1.54) is 38.5 Å². The number of nitrogens with two attached hydrogens (primary N) is 1. The SMILES string of the molecule is CC1CCCC(OC2CCC(NC3CC3)(C(N)=O)C2)C1. The molecule has 0 spiro atoms. The Balaban J connectivity index is 1.55. The highest BCUT2D eigenvalue weighted by Crippen LogP contribution is 2.37. The van der Waals surface area contributed by atoms with Gasteiger partial charge in [0.15, 0.2) is 0 Å². The summed E-state index contributed by atoms with van der Waals surface area (Å²) in [5.74, 6) is 0.591. The first kappa shape index (κ1) is 14.3. The van der Waals surface area contributed by atoms with Gasteiger partial charge in [-0.05, 0) is 44.4 Å². The van der Waals surface area contributed by atoms with Crippen LogP contribution in [-0.4, -0.2) is 29.7 Å². The van der Waals surface area contributed by atoms with Gasteiger partial charge in [0.1, 0.15) is 5.54 Å². The second-order valence-electron chi connectivity index (χ2n) is 7.26. The molecule has 0 aromatic heterocycles. The summed E-state index contributed by atoms with van der Waals surface area (Å²) in [5.41, 5.74) is 5.18. The minimum Gasteiger partial charge on any atom is -0.375 e. The lowest BCUT2D eigenvalue weighted by Crippen LogP contribution is -2.55. The van der Waals surface area contributed by atoms with Gasteiger partial charge < -0.3 is 15.8 Å². The van der Waals surface area contributed by atoms with Crippen molar-refractivity contribution in [3.63, 3.8) is 0 Å². The molecule has 0 aliphatic heterocycles. The van der Waals surface area contributed by atoms with Crippen molar-refractivity contribution < 1.29 is 9.53 Å². The van der Waals surface area contributed by atoms with Crippen LogP contribution in [0, 0.1) is 5.92 Å². The van der Waals surface area contributed by atoms with E-state index in [1.807, 2.05) is 0 Å². The summed E-state index contributed by atoms with van der Waals surface area (Å²) in [6.45, 7) is 2.31. The molecule has 0 heterocycles. The van der Waals surface area contributed by atoms with E-state index in [9.17, 15) is 4.79 Å². The maximum absolute atomic E-state index is 11.9. The Kier molecular flexibility index (Phi) is 4.04. The second kappa shape index (κ2) is 5.64. The summed E-state index contributed by atoms with van der Waals surface area (Å²) < 4.78 is 6.28. The van der Waals surface area contributed by atoms with Gasteiger partial charge in [0.05, 0.1) is 12.2 Å². The lowest BCUT2D eigenvalue weighted by atomic mass is 9.88. The molecule has 3 fully saturated rings. The number of carbonyl (C=O) groups excluding carboxylic acids is 1. The van der Waals surface area contributed by atoms with Crippen LogP contribution in [0.2, 0.25) is 0 Å². The fraction of sp³-hybridized carbons (Fsp3) is 0.938. The third-order valence-electron chi connectivity index (χ3n) is 5.27. The lowest BCUT2D eigenvalue weighted by molar-refractivity contribution is -0.125. The first-order chi connectivity index (χ1) is 9.57. The predicted octanol–water partition coefficient (Wildman–Crippen LogP) is 2.11. The number of rotatable bonds is 5. The molecule has 3 aliphatic rings. The Hall–Kier alpha value is -0.610. The highest BCUT2D eigenvalue weighted by Gasteiger charge is 2.47. The van der Waals surface area contributed by atoms with Gasteiger partial charge in [0, 0.05) is 12.5 Å². The van der Waals surface area contributed by atoms with Crippen LogP contribution >= 0.6 is 0 Å². The van der Waals surface area contributed by atoms with Crippen LogP contribution in [0.1, 0.15) is 64.7 Å². The Morgan fingerprint density at radius 3 is 2.65 bits per heavy atom. The van der Waals surface area contributed by atoms with Crippen molar-refractivity contribution in [1.29, 1.82) is 0 Å². The molecule has 3 rings (SSSR count). The maximum atomic E-state index is 11.9. The van der Waals surface area contributed by atoms with Crippen molar-refractivity contribution in [3.05, 3.63) is 0 Å². The number of amides is 1. The van der Waals surface area contributed by atoms with E-state index in [2.05, 4.69) is 12.2 Å². The quantitative estimate of drug-likeness (QED) is 0.810. The molecule has 4 nitrogen and oxygen atoms in total. The van der Waals surface area contributed by atoms with Crippen LogP contribution in [0.15, 0.2) is 0 Å². The van der Waals surface area contributed by atoms with Gasteiger partial charge in [0.2, 0.25) is 5.91 Å². The molecule has 3 saturated carbocycles. The normalized spacial score (nSPS) is 41.8. The number of ether oxygens (including phenoxy) is 1. The van der Waals surface area contributed by atoms with Gasteiger partial charge in [-0.25, -0.2) is 0 Å². The van der Waals surface area contributed by atoms with Gasteiger partial charge in [0.25, 0.3) is 0 Å².